The molecule has 1 nitrogen and oxygen atoms in total. The second-order valence-corrected chi connectivity index (χ2v) is 1.10. The molecule has 0 atom stereocenters. The van der Waals surface area contributed by atoms with Gasteiger partial charge in [0.25, 0.3) is 0 Å². The van der Waals surface area contributed by atoms with Gasteiger partial charge in [-0.3, -0.25) is 0 Å². The Morgan fingerprint density at radius 2 is 2.43 bits per heavy atom. The van der Waals surface area contributed by atoms with Crippen LogP contribution in [0.4, 0.5) is 0 Å². The van der Waals surface area contributed by atoms with Crippen LogP contribution >= 0.6 is 0 Å². The van der Waals surface area contributed by atoms with Gasteiger partial charge in [0, 0.05) is 6.42 Å². The van der Waals surface area contributed by atoms with Crippen molar-refractivity contribution in [2.75, 3.05) is 0 Å². The Hall–Kier alpha value is -0.900. The minimum Gasteiger partial charge on any atom is -0.501 e. The second kappa shape index (κ2) is 3.30. The van der Waals surface area contributed by atoms with Crippen LogP contribution in [0.25, 0.3) is 0 Å². The minimum atomic E-state index is -0.0538. The van der Waals surface area contributed by atoms with Gasteiger partial charge in [-0.1, -0.05) is 12.8 Å². The van der Waals surface area contributed by atoms with Crippen LogP contribution in [0.5, 0.6) is 0 Å². The summed E-state index contributed by atoms with van der Waals surface area (Å²) in [6.07, 6.45) is 0.763. The third kappa shape index (κ3) is 5.10. The summed E-state index contributed by atoms with van der Waals surface area (Å²) in [6.45, 7) is 5.09. The molecule has 1 heteroatoms. The Kier molecular flexibility index (Phi) is 2.87. The molecular weight excluding hydrogens is 88.1 g/mol. The van der Waals surface area contributed by atoms with Crippen molar-refractivity contribution in [3.63, 3.8) is 0 Å². The molecule has 38 valence electrons. The molecule has 0 saturated heterocycles. The highest BCUT2D eigenvalue weighted by atomic mass is 16.3. The van der Waals surface area contributed by atoms with E-state index in [0.29, 0.717) is 0 Å². The Bertz CT molecular complexity index is 114. The highest BCUT2D eigenvalue weighted by Crippen LogP contribution is 1.75. The summed E-state index contributed by atoms with van der Waals surface area (Å²) in [5.74, 6) is 5.00. The summed E-state index contributed by atoms with van der Waals surface area (Å²) in [5.41, 5.74) is 0. The molecule has 0 saturated carbocycles. The van der Waals surface area contributed by atoms with Gasteiger partial charge in [-0.05, 0) is 12.5 Å². The smallest absolute Gasteiger partial charge is 0.159 e. The van der Waals surface area contributed by atoms with E-state index in [1.165, 1.54) is 0 Å². The van der Waals surface area contributed by atoms with Gasteiger partial charge in [-0.25, -0.2) is 0 Å². The van der Waals surface area contributed by atoms with Crippen molar-refractivity contribution in [2.24, 2.45) is 0 Å². The predicted molar refractivity (Wildman–Crippen MR) is 29.8 cm³/mol. The van der Waals surface area contributed by atoms with Gasteiger partial charge >= 0.3 is 0 Å². The highest BCUT2D eigenvalue weighted by molar-refractivity contribution is 5.17. The van der Waals surface area contributed by atoms with Crippen molar-refractivity contribution in [3.05, 3.63) is 12.3 Å². The molecule has 0 unspecified atom stereocenters. The first-order chi connectivity index (χ1) is 3.27. The standard InChI is InChI=1S/C6H8O/c1-3-4-5-6(2)7/h7H,2-3H2,1H3. The van der Waals surface area contributed by atoms with Crippen molar-refractivity contribution >= 4 is 0 Å². The lowest BCUT2D eigenvalue weighted by atomic mass is 10.4. The van der Waals surface area contributed by atoms with Gasteiger partial charge in [-0.15, -0.1) is 0 Å². The van der Waals surface area contributed by atoms with E-state index in [1.54, 1.807) is 0 Å². The second-order valence-electron chi connectivity index (χ2n) is 1.10. The zero-order valence-electron chi connectivity index (χ0n) is 4.36. The third-order valence-electron chi connectivity index (χ3n) is 0.409. The molecule has 0 spiro atoms. The molecule has 0 radical (unpaired) electrons. The van der Waals surface area contributed by atoms with Crippen molar-refractivity contribution in [1.82, 2.24) is 0 Å². The summed E-state index contributed by atoms with van der Waals surface area (Å²) in [7, 11) is 0. The molecule has 0 aliphatic carbocycles. The van der Waals surface area contributed by atoms with E-state index in [4.69, 9.17) is 5.11 Å². The van der Waals surface area contributed by atoms with Crippen molar-refractivity contribution < 1.29 is 5.11 Å². The number of rotatable bonds is 0. The average molecular weight is 96.1 g/mol. The summed E-state index contributed by atoms with van der Waals surface area (Å²) in [4.78, 5) is 0. The fourth-order valence-electron chi connectivity index (χ4n) is 0.190. The lowest BCUT2D eigenvalue weighted by Crippen LogP contribution is -1.65. The molecule has 1 N–H and O–H groups in total. The zero-order valence-corrected chi connectivity index (χ0v) is 4.36. The SMILES string of the molecule is C=C(O)C#CCC. The van der Waals surface area contributed by atoms with Gasteiger partial charge in [0.2, 0.25) is 0 Å². The van der Waals surface area contributed by atoms with Crippen LogP contribution in [0.3, 0.4) is 0 Å². The maximum absolute atomic E-state index is 8.32. The van der Waals surface area contributed by atoms with Crippen LogP contribution in [-0.2, 0) is 0 Å². The maximum atomic E-state index is 8.32. The number of hydrogen-bond donors (Lipinski definition) is 1. The van der Waals surface area contributed by atoms with Crippen LogP contribution < -0.4 is 0 Å². The number of allylic oxidation sites excluding steroid dienone is 1. The van der Waals surface area contributed by atoms with Crippen LogP contribution in [0.15, 0.2) is 12.3 Å². The van der Waals surface area contributed by atoms with E-state index >= 15 is 0 Å². The van der Waals surface area contributed by atoms with Crippen LogP contribution in [0.2, 0.25) is 0 Å². The lowest BCUT2D eigenvalue weighted by Gasteiger charge is -1.73. The van der Waals surface area contributed by atoms with E-state index in [-0.39, 0.29) is 5.76 Å². The average Bonchev–Trinajstić information content (AvgIpc) is 1.61. The maximum Gasteiger partial charge on any atom is 0.159 e. The van der Waals surface area contributed by atoms with E-state index < -0.39 is 0 Å². The van der Waals surface area contributed by atoms with Crippen LogP contribution in [0.1, 0.15) is 13.3 Å². The molecule has 7 heavy (non-hydrogen) atoms. The van der Waals surface area contributed by atoms with E-state index in [9.17, 15) is 0 Å². The van der Waals surface area contributed by atoms with E-state index in [2.05, 4.69) is 18.4 Å². The number of aliphatic hydroxyl groups is 1. The molecule has 0 aromatic rings. The Labute approximate surface area is 43.7 Å². The first-order valence-corrected chi connectivity index (χ1v) is 2.14. The first kappa shape index (κ1) is 6.10. The Morgan fingerprint density at radius 1 is 1.86 bits per heavy atom. The van der Waals surface area contributed by atoms with Gasteiger partial charge in [0.05, 0.1) is 0 Å². The normalized spacial score (nSPS) is 6.43. The van der Waals surface area contributed by atoms with Crippen molar-refractivity contribution in [3.8, 4) is 11.8 Å². The Balaban J connectivity index is 3.45. The van der Waals surface area contributed by atoms with Crippen molar-refractivity contribution in [2.45, 2.75) is 13.3 Å². The van der Waals surface area contributed by atoms with Gasteiger partial charge in [0.1, 0.15) is 0 Å². The van der Waals surface area contributed by atoms with Gasteiger partial charge in [-0.2, -0.15) is 0 Å². The molecule has 0 amide bonds. The fourth-order valence-corrected chi connectivity index (χ4v) is 0.190. The van der Waals surface area contributed by atoms with Gasteiger partial charge < -0.3 is 5.11 Å². The number of hydrogen-bond acceptors (Lipinski definition) is 1. The van der Waals surface area contributed by atoms with Crippen LogP contribution in [-0.4, -0.2) is 5.11 Å². The molecule has 0 aliphatic heterocycles. The molecular formula is C6H8O. The van der Waals surface area contributed by atoms with Crippen LogP contribution in [0, 0.1) is 11.8 Å². The summed E-state index contributed by atoms with van der Waals surface area (Å²) < 4.78 is 0. The topological polar surface area (TPSA) is 20.2 Å². The third-order valence-corrected chi connectivity index (χ3v) is 0.409. The monoisotopic (exact) mass is 96.1 g/mol. The molecule has 0 bridgehead atoms. The van der Waals surface area contributed by atoms with Gasteiger partial charge in [0.15, 0.2) is 5.76 Å². The predicted octanol–water partition coefficient (Wildman–Crippen LogP) is 1.47. The largest absolute Gasteiger partial charge is 0.501 e. The van der Waals surface area contributed by atoms with E-state index in [0.717, 1.165) is 6.42 Å². The highest BCUT2D eigenvalue weighted by Gasteiger charge is 1.68. The molecule has 0 aliphatic rings. The molecule has 0 fully saturated rings. The Morgan fingerprint density at radius 3 is 2.57 bits per heavy atom. The molecule has 0 rings (SSSR count). The number of aliphatic hydroxyl groups excluding tert-OH is 1. The quantitative estimate of drug-likeness (QED) is 0.357. The summed E-state index contributed by atoms with van der Waals surface area (Å²) in [5, 5.41) is 8.32. The molecule has 0 heterocycles. The summed E-state index contributed by atoms with van der Waals surface area (Å²) >= 11 is 0. The summed E-state index contributed by atoms with van der Waals surface area (Å²) in [6, 6.07) is 0. The fraction of sp³-hybridized carbons (Fsp3) is 0.333. The molecule has 0 aromatic carbocycles. The first-order valence-electron chi connectivity index (χ1n) is 2.14. The van der Waals surface area contributed by atoms with E-state index in [1.807, 2.05) is 6.92 Å². The zero-order chi connectivity index (χ0) is 5.70. The van der Waals surface area contributed by atoms with Crippen molar-refractivity contribution in [1.29, 1.82) is 0 Å². The lowest BCUT2D eigenvalue weighted by molar-refractivity contribution is 0.441. The molecule has 0 aromatic heterocycles. The minimum absolute atomic E-state index is 0.0538.